The van der Waals surface area contributed by atoms with Crippen molar-refractivity contribution in [3.05, 3.63) is 42.2 Å². The topological polar surface area (TPSA) is 123 Å². The Morgan fingerprint density at radius 1 is 0.775 bits per heavy atom. The summed E-state index contributed by atoms with van der Waals surface area (Å²) in [6.45, 7) is 1.79. The highest BCUT2D eigenvalue weighted by molar-refractivity contribution is 5.96. The van der Waals surface area contributed by atoms with Crippen LogP contribution in [0.2, 0.25) is 0 Å². The van der Waals surface area contributed by atoms with Crippen molar-refractivity contribution in [3.8, 4) is 11.1 Å². The fraction of sp³-hybridized carbons (Fsp3) is 0.567. The summed E-state index contributed by atoms with van der Waals surface area (Å²) in [5.74, 6) is -0.511. The minimum absolute atomic E-state index is 0.151. The molecule has 0 unspecified atom stereocenters. The van der Waals surface area contributed by atoms with Crippen LogP contribution in [-0.4, -0.2) is 60.2 Å². The van der Waals surface area contributed by atoms with Gasteiger partial charge in [-0.15, -0.1) is 0 Å². The van der Waals surface area contributed by atoms with Crippen molar-refractivity contribution in [1.82, 2.24) is 20.8 Å². The molecule has 2 N–H and O–H groups in total. The Morgan fingerprint density at radius 3 is 2.00 bits per heavy atom. The quantitative estimate of drug-likeness (QED) is 0.395. The van der Waals surface area contributed by atoms with E-state index in [1.165, 1.54) is 32.8 Å². The molecule has 5 rings (SSSR count). The first-order valence-corrected chi connectivity index (χ1v) is 14.5. The van der Waals surface area contributed by atoms with Gasteiger partial charge in [-0.25, -0.2) is 9.97 Å². The van der Waals surface area contributed by atoms with Crippen LogP contribution in [-0.2, 0) is 19.1 Å². The molecule has 0 spiro atoms. The SMILES string of the molecule is COC(=O)C1CCC(C(=O)NNC(=O)c2ccc(-c3cnc(N4CCC(OC5CCCC5)CC4)nc3)cc2)CC1. The monoisotopic (exact) mass is 549 g/mol. The summed E-state index contributed by atoms with van der Waals surface area (Å²) in [5.41, 5.74) is 7.22. The standard InChI is InChI=1S/C30H39N5O5/c1-39-29(38)23-12-10-22(11-13-23)28(37)34-33-27(36)21-8-6-20(7-9-21)24-18-31-30(32-19-24)35-16-14-26(15-17-35)40-25-4-2-3-5-25/h6-9,18-19,22-23,25-26H,2-5,10-17H2,1H3,(H,33,36)(H,34,37). The van der Waals surface area contributed by atoms with Gasteiger partial charge < -0.3 is 14.4 Å². The van der Waals surface area contributed by atoms with E-state index < -0.39 is 5.91 Å². The second-order valence-corrected chi connectivity index (χ2v) is 11.1. The van der Waals surface area contributed by atoms with Crippen molar-refractivity contribution in [1.29, 1.82) is 0 Å². The third-order valence-electron chi connectivity index (χ3n) is 8.46. The molecule has 0 radical (unpaired) electrons. The largest absolute Gasteiger partial charge is 0.469 e. The summed E-state index contributed by atoms with van der Waals surface area (Å²) in [4.78, 5) is 48.1. The minimum atomic E-state index is -0.393. The predicted molar refractivity (Wildman–Crippen MR) is 149 cm³/mol. The highest BCUT2D eigenvalue weighted by Gasteiger charge is 2.30. The van der Waals surface area contributed by atoms with Gasteiger partial charge in [0.2, 0.25) is 11.9 Å². The predicted octanol–water partition coefficient (Wildman–Crippen LogP) is 3.81. The number of hydrogen-bond donors (Lipinski definition) is 2. The molecule has 10 heteroatoms. The smallest absolute Gasteiger partial charge is 0.308 e. The molecule has 1 aliphatic heterocycles. The van der Waals surface area contributed by atoms with Crippen LogP contribution in [0.3, 0.4) is 0 Å². The van der Waals surface area contributed by atoms with Crippen LogP contribution in [0.1, 0.15) is 74.6 Å². The van der Waals surface area contributed by atoms with Gasteiger partial charge in [0.05, 0.1) is 25.2 Å². The molecule has 2 heterocycles. The maximum absolute atomic E-state index is 12.6. The number of rotatable bonds is 7. The van der Waals surface area contributed by atoms with Crippen LogP contribution in [0.15, 0.2) is 36.7 Å². The highest BCUT2D eigenvalue weighted by atomic mass is 16.5. The van der Waals surface area contributed by atoms with Crippen LogP contribution in [0.25, 0.3) is 11.1 Å². The van der Waals surface area contributed by atoms with Crippen molar-refractivity contribution in [2.75, 3.05) is 25.1 Å². The third kappa shape index (κ3) is 6.96. The normalized spacial score (nSPS) is 22.1. The summed E-state index contributed by atoms with van der Waals surface area (Å²) < 4.78 is 11.1. The van der Waals surface area contributed by atoms with Gasteiger partial charge in [0.15, 0.2) is 0 Å². The van der Waals surface area contributed by atoms with Crippen molar-refractivity contribution >= 4 is 23.7 Å². The molecule has 3 fully saturated rings. The summed E-state index contributed by atoms with van der Waals surface area (Å²) in [6.07, 6.45) is 13.8. The van der Waals surface area contributed by atoms with Crippen molar-refractivity contribution in [3.63, 3.8) is 0 Å². The first kappa shape index (κ1) is 28.0. The molecule has 1 saturated heterocycles. The molecule has 214 valence electrons. The molecule has 40 heavy (non-hydrogen) atoms. The van der Waals surface area contributed by atoms with E-state index in [2.05, 4.69) is 25.7 Å². The molecule has 0 bridgehead atoms. The first-order chi connectivity index (χ1) is 19.5. The average Bonchev–Trinajstić information content (AvgIpc) is 3.53. The zero-order chi connectivity index (χ0) is 27.9. The molecule has 2 aromatic rings. The fourth-order valence-corrected chi connectivity index (χ4v) is 5.99. The van der Waals surface area contributed by atoms with Crippen LogP contribution < -0.4 is 15.8 Å². The lowest BCUT2D eigenvalue weighted by Gasteiger charge is -2.33. The maximum atomic E-state index is 12.6. The summed E-state index contributed by atoms with van der Waals surface area (Å²) in [6, 6.07) is 7.10. The van der Waals surface area contributed by atoms with E-state index in [0.717, 1.165) is 43.0 Å². The number of nitrogens with one attached hydrogen (secondary N) is 2. The summed E-state index contributed by atoms with van der Waals surface area (Å²) >= 11 is 0. The number of carbonyl (C=O) groups excluding carboxylic acids is 3. The third-order valence-corrected chi connectivity index (χ3v) is 8.46. The number of aromatic nitrogens is 2. The lowest BCUT2D eigenvalue weighted by atomic mass is 9.82. The molecular weight excluding hydrogens is 510 g/mol. The molecule has 10 nitrogen and oxygen atoms in total. The molecule has 1 aromatic carbocycles. The minimum Gasteiger partial charge on any atom is -0.469 e. The number of carbonyl (C=O) groups is 3. The molecule has 2 saturated carbocycles. The van der Waals surface area contributed by atoms with E-state index in [9.17, 15) is 14.4 Å². The maximum Gasteiger partial charge on any atom is 0.308 e. The van der Waals surface area contributed by atoms with Gasteiger partial charge >= 0.3 is 5.97 Å². The van der Waals surface area contributed by atoms with Crippen LogP contribution in [0.5, 0.6) is 0 Å². The molecule has 3 aliphatic rings. The lowest BCUT2D eigenvalue weighted by molar-refractivity contribution is -0.147. The molecule has 2 amide bonds. The lowest BCUT2D eigenvalue weighted by Crippen LogP contribution is -2.45. The summed E-state index contributed by atoms with van der Waals surface area (Å²) in [7, 11) is 1.38. The number of hydrogen-bond acceptors (Lipinski definition) is 8. The van der Waals surface area contributed by atoms with E-state index in [1.807, 2.05) is 24.5 Å². The van der Waals surface area contributed by atoms with Gasteiger partial charge in [-0.3, -0.25) is 25.2 Å². The number of ether oxygens (including phenoxy) is 2. The first-order valence-electron chi connectivity index (χ1n) is 14.5. The number of esters is 1. The Kier molecular flexibility index (Phi) is 9.26. The van der Waals surface area contributed by atoms with E-state index in [4.69, 9.17) is 9.47 Å². The Bertz CT molecular complexity index is 1150. The number of nitrogens with zero attached hydrogens (tertiary/aromatic N) is 3. The van der Waals surface area contributed by atoms with Crippen molar-refractivity contribution in [2.45, 2.75) is 76.4 Å². The van der Waals surface area contributed by atoms with Crippen LogP contribution >= 0.6 is 0 Å². The Balaban J connectivity index is 1.07. The van der Waals surface area contributed by atoms with Gasteiger partial charge in [-0.2, -0.15) is 0 Å². The Hall–Kier alpha value is -3.53. The van der Waals surface area contributed by atoms with E-state index in [-0.39, 0.29) is 23.7 Å². The Labute approximate surface area is 235 Å². The van der Waals surface area contributed by atoms with Gasteiger partial charge in [0.1, 0.15) is 0 Å². The van der Waals surface area contributed by atoms with Gasteiger partial charge in [-0.05, 0) is 69.1 Å². The summed E-state index contributed by atoms with van der Waals surface area (Å²) in [5, 5.41) is 0. The average molecular weight is 550 g/mol. The number of benzene rings is 1. The van der Waals surface area contributed by atoms with E-state index in [1.54, 1.807) is 12.1 Å². The van der Waals surface area contributed by atoms with E-state index in [0.29, 0.717) is 43.5 Å². The molecule has 2 aliphatic carbocycles. The van der Waals surface area contributed by atoms with Crippen LogP contribution in [0.4, 0.5) is 5.95 Å². The fourth-order valence-electron chi connectivity index (χ4n) is 5.99. The van der Waals surface area contributed by atoms with Crippen molar-refractivity contribution < 1.29 is 23.9 Å². The van der Waals surface area contributed by atoms with Gasteiger partial charge in [0, 0.05) is 42.5 Å². The number of amides is 2. The van der Waals surface area contributed by atoms with Crippen molar-refractivity contribution in [2.24, 2.45) is 11.8 Å². The number of piperidine rings is 1. The Morgan fingerprint density at radius 2 is 1.38 bits per heavy atom. The number of methoxy groups -OCH3 is 1. The van der Waals surface area contributed by atoms with Crippen LogP contribution in [0, 0.1) is 11.8 Å². The zero-order valence-electron chi connectivity index (χ0n) is 23.1. The second kappa shape index (κ2) is 13.2. The second-order valence-electron chi connectivity index (χ2n) is 11.1. The molecule has 0 atom stereocenters. The number of hydrazine groups is 1. The van der Waals surface area contributed by atoms with Gasteiger partial charge in [0.25, 0.3) is 5.91 Å². The number of anilines is 1. The molecular formula is C30H39N5O5. The zero-order valence-corrected chi connectivity index (χ0v) is 23.1. The molecule has 1 aromatic heterocycles. The van der Waals surface area contributed by atoms with Gasteiger partial charge in [-0.1, -0.05) is 25.0 Å². The van der Waals surface area contributed by atoms with E-state index >= 15 is 0 Å². The highest BCUT2D eigenvalue weighted by Crippen LogP contribution is 2.30.